The molecule has 0 bridgehead atoms. The fraction of sp³-hybridized carbons (Fsp3) is 0.364. The molecule has 9 nitrogen and oxygen atoms in total. The lowest BCUT2D eigenvalue weighted by Crippen LogP contribution is -2.50. The van der Waals surface area contributed by atoms with E-state index in [-0.39, 0.29) is 48.6 Å². The molecule has 0 aliphatic carbocycles. The Labute approximate surface area is 185 Å². The summed E-state index contributed by atoms with van der Waals surface area (Å²) in [6.07, 6.45) is 0. The van der Waals surface area contributed by atoms with Crippen molar-refractivity contribution in [2.75, 3.05) is 33.3 Å². The van der Waals surface area contributed by atoms with Gasteiger partial charge in [-0.25, -0.2) is 13.2 Å². The standard InChI is InChI=1S/C22H25N3O6S/c1-15(2)25-19-8-7-18(14-20(19)31-22(25)27)32(28,29)24-11-9-23(10-12-24)21(26)16-5-4-6-17(13-16)30-3/h4-8,13-15H,9-12H2,1-3H3. The lowest BCUT2D eigenvalue weighted by molar-refractivity contribution is 0.0697. The van der Waals surface area contributed by atoms with Crippen LogP contribution in [0.2, 0.25) is 0 Å². The van der Waals surface area contributed by atoms with Crippen LogP contribution >= 0.6 is 0 Å². The maximum absolute atomic E-state index is 13.2. The van der Waals surface area contributed by atoms with E-state index in [1.807, 2.05) is 13.8 Å². The third-order valence-electron chi connectivity index (χ3n) is 5.58. The van der Waals surface area contributed by atoms with Crippen molar-refractivity contribution in [3.05, 3.63) is 58.6 Å². The molecule has 0 saturated carbocycles. The summed E-state index contributed by atoms with van der Waals surface area (Å²) in [5, 5.41) is 0. The lowest BCUT2D eigenvalue weighted by atomic mass is 10.1. The zero-order valence-electron chi connectivity index (χ0n) is 18.1. The second-order valence-corrected chi connectivity index (χ2v) is 9.83. The molecule has 0 N–H and O–H groups in total. The van der Waals surface area contributed by atoms with Crippen LogP contribution in [0.5, 0.6) is 5.75 Å². The first-order valence-electron chi connectivity index (χ1n) is 10.3. The second kappa shape index (κ2) is 8.44. The lowest BCUT2D eigenvalue weighted by Gasteiger charge is -2.34. The number of hydrogen-bond acceptors (Lipinski definition) is 6. The van der Waals surface area contributed by atoms with Crippen molar-refractivity contribution in [2.24, 2.45) is 0 Å². The van der Waals surface area contributed by atoms with Crippen molar-refractivity contribution in [3.63, 3.8) is 0 Å². The predicted molar refractivity (Wildman–Crippen MR) is 119 cm³/mol. The molecule has 10 heteroatoms. The monoisotopic (exact) mass is 459 g/mol. The SMILES string of the molecule is COc1cccc(C(=O)N2CCN(S(=O)(=O)c3ccc4c(c3)oc(=O)n4C(C)C)CC2)c1. The Hall–Kier alpha value is -3.11. The Morgan fingerprint density at radius 2 is 1.78 bits per heavy atom. The van der Waals surface area contributed by atoms with Gasteiger partial charge in [0.1, 0.15) is 5.75 Å². The molecule has 170 valence electrons. The van der Waals surface area contributed by atoms with Gasteiger partial charge in [-0.3, -0.25) is 9.36 Å². The van der Waals surface area contributed by atoms with Crippen molar-refractivity contribution in [2.45, 2.75) is 24.8 Å². The minimum absolute atomic E-state index is 0.0576. The first kappa shape index (κ1) is 22.1. The number of methoxy groups -OCH3 is 1. The molecule has 1 saturated heterocycles. The molecule has 1 aliphatic heterocycles. The van der Waals surface area contributed by atoms with Gasteiger partial charge in [-0.1, -0.05) is 6.07 Å². The van der Waals surface area contributed by atoms with E-state index >= 15 is 0 Å². The minimum Gasteiger partial charge on any atom is -0.497 e. The van der Waals surface area contributed by atoms with Crippen LogP contribution < -0.4 is 10.5 Å². The van der Waals surface area contributed by atoms with Gasteiger partial charge in [-0.2, -0.15) is 4.31 Å². The second-order valence-electron chi connectivity index (χ2n) is 7.89. The highest BCUT2D eigenvalue weighted by Gasteiger charge is 2.31. The highest BCUT2D eigenvalue weighted by atomic mass is 32.2. The minimum atomic E-state index is -3.80. The van der Waals surface area contributed by atoms with E-state index in [1.54, 1.807) is 35.2 Å². The van der Waals surface area contributed by atoms with Gasteiger partial charge in [0, 0.05) is 43.9 Å². The largest absolute Gasteiger partial charge is 0.497 e. The molecule has 1 fully saturated rings. The zero-order valence-corrected chi connectivity index (χ0v) is 19.0. The summed E-state index contributed by atoms with van der Waals surface area (Å²) < 4.78 is 39.6. The molecule has 0 atom stereocenters. The van der Waals surface area contributed by atoms with Gasteiger partial charge < -0.3 is 14.1 Å². The Kier molecular flexibility index (Phi) is 5.83. The van der Waals surface area contributed by atoms with E-state index in [0.717, 1.165) is 0 Å². The molecule has 2 heterocycles. The third kappa shape index (κ3) is 3.91. The summed E-state index contributed by atoms with van der Waals surface area (Å²) in [5.41, 5.74) is 1.28. The topological polar surface area (TPSA) is 102 Å². The molecule has 1 aromatic heterocycles. The quantitative estimate of drug-likeness (QED) is 0.580. The number of carbonyl (C=O) groups excluding carboxylic acids is 1. The van der Waals surface area contributed by atoms with Crippen LogP contribution in [0.15, 0.2) is 56.6 Å². The first-order chi connectivity index (χ1) is 15.2. The van der Waals surface area contributed by atoms with Crippen LogP contribution in [-0.2, 0) is 10.0 Å². The molecule has 1 amide bonds. The van der Waals surface area contributed by atoms with Gasteiger partial charge in [0.25, 0.3) is 5.91 Å². The Morgan fingerprint density at radius 3 is 2.44 bits per heavy atom. The highest BCUT2D eigenvalue weighted by molar-refractivity contribution is 7.89. The molecule has 0 spiro atoms. The van der Waals surface area contributed by atoms with Crippen LogP contribution in [-0.4, -0.2) is 61.4 Å². The van der Waals surface area contributed by atoms with Gasteiger partial charge in [-0.05, 0) is 44.2 Å². The number of hydrogen-bond donors (Lipinski definition) is 0. The molecular weight excluding hydrogens is 434 g/mol. The average Bonchev–Trinajstić information content (AvgIpc) is 3.13. The number of aromatic nitrogens is 1. The summed E-state index contributed by atoms with van der Waals surface area (Å²) in [6.45, 7) is 4.60. The van der Waals surface area contributed by atoms with Crippen molar-refractivity contribution in [1.82, 2.24) is 13.8 Å². The van der Waals surface area contributed by atoms with Crippen LogP contribution in [0, 0.1) is 0 Å². The average molecular weight is 460 g/mol. The van der Waals surface area contributed by atoms with E-state index in [1.165, 1.54) is 28.1 Å². The normalized spacial score (nSPS) is 15.4. The predicted octanol–water partition coefficient (Wildman–Crippen LogP) is 2.33. The van der Waals surface area contributed by atoms with E-state index in [4.69, 9.17) is 9.15 Å². The number of ether oxygens (including phenoxy) is 1. The number of piperazine rings is 1. The Morgan fingerprint density at radius 1 is 1.06 bits per heavy atom. The number of nitrogens with zero attached hydrogens (tertiary/aromatic N) is 3. The molecule has 2 aromatic carbocycles. The summed E-state index contributed by atoms with van der Waals surface area (Å²) in [5.74, 6) is -0.0983. The van der Waals surface area contributed by atoms with Crippen molar-refractivity contribution < 1.29 is 22.4 Å². The third-order valence-corrected chi connectivity index (χ3v) is 7.48. The van der Waals surface area contributed by atoms with Gasteiger partial charge in [0.2, 0.25) is 10.0 Å². The summed E-state index contributed by atoms with van der Waals surface area (Å²) >= 11 is 0. The molecule has 1 aliphatic rings. The van der Waals surface area contributed by atoms with E-state index in [2.05, 4.69) is 0 Å². The van der Waals surface area contributed by atoms with E-state index in [0.29, 0.717) is 16.8 Å². The first-order valence-corrected chi connectivity index (χ1v) is 11.7. The summed E-state index contributed by atoms with van der Waals surface area (Å²) in [6, 6.07) is 11.2. The molecule has 32 heavy (non-hydrogen) atoms. The number of fused-ring (bicyclic) bond motifs is 1. The Balaban J connectivity index is 1.51. The molecule has 0 unspecified atom stereocenters. The number of sulfonamides is 1. The number of amides is 1. The maximum atomic E-state index is 13.2. The maximum Gasteiger partial charge on any atom is 0.420 e. The van der Waals surface area contributed by atoms with Crippen LogP contribution in [0.4, 0.5) is 0 Å². The van der Waals surface area contributed by atoms with Crippen molar-refractivity contribution in [3.8, 4) is 5.75 Å². The van der Waals surface area contributed by atoms with Crippen molar-refractivity contribution >= 4 is 27.0 Å². The molecule has 4 rings (SSSR count). The fourth-order valence-electron chi connectivity index (χ4n) is 3.89. The Bertz CT molecular complexity index is 1320. The number of carbonyl (C=O) groups is 1. The molecular formula is C22H25N3O6S. The molecule has 0 radical (unpaired) electrons. The van der Waals surface area contributed by atoms with Crippen molar-refractivity contribution in [1.29, 1.82) is 0 Å². The van der Waals surface area contributed by atoms with Crippen LogP contribution in [0.25, 0.3) is 11.1 Å². The number of rotatable bonds is 5. The zero-order chi connectivity index (χ0) is 23.0. The summed E-state index contributed by atoms with van der Waals surface area (Å²) in [7, 11) is -2.26. The van der Waals surface area contributed by atoms with Gasteiger partial charge in [0.15, 0.2) is 5.58 Å². The fourth-order valence-corrected chi connectivity index (χ4v) is 5.32. The smallest absolute Gasteiger partial charge is 0.420 e. The highest BCUT2D eigenvalue weighted by Crippen LogP contribution is 2.24. The van der Waals surface area contributed by atoms with Gasteiger partial charge in [-0.15, -0.1) is 0 Å². The van der Waals surface area contributed by atoms with E-state index < -0.39 is 15.8 Å². The van der Waals surface area contributed by atoms with E-state index in [9.17, 15) is 18.0 Å². The summed E-state index contributed by atoms with van der Waals surface area (Å²) in [4.78, 5) is 26.6. The number of benzene rings is 2. The van der Waals surface area contributed by atoms with Gasteiger partial charge >= 0.3 is 5.76 Å². The van der Waals surface area contributed by atoms with Gasteiger partial charge in [0.05, 0.1) is 17.5 Å². The van der Waals surface area contributed by atoms with Crippen LogP contribution in [0.1, 0.15) is 30.2 Å². The molecule has 3 aromatic rings. The van der Waals surface area contributed by atoms with Crippen LogP contribution in [0.3, 0.4) is 0 Å². The number of oxazole rings is 1.